The summed E-state index contributed by atoms with van der Waals surface area (Å²) in [6, 6.07) is 14.6. The first-order chi connectivity index (χ1) is 12.1. The Bertz CT molecular complexity index is 890. The van der Waals surface area contributed by atoms with Crippen LogP contribution in [0, 0.1) is 11.8 Å². The SMILES string of the molecule is O=C1O[C@@]2(c3ccc(Cl)cc3)O[C@]1(c1ccc(Cl)cc1)[C@@H]1C=CC[C@@H]12. The largest absolute Gasteiger partial charge is 0.426 e. The molecule has 1 aliphatic carbocycles. The Kier molecular flexibility index (Phi) is 3.15. The number of benzene rings is 2. The van der Waals surface area contributed by atoms with Crippen LogP contribution in [0.3, 0.4) is 0 Å². The zero-order valence-corrected chi connectivity index (χ0v) is 14.6. The standard InChI is InChI=1S/C20H14Cl2O3/c21-14-8-4-12(5-9-14)19-16-2-1-3-17(16)20(25-19,24-18(19)23)13-6-10-15(22)11-7-13/h1-2,4-11,16-17H,3H2/t16-,17+,19-,20+/m1/s1. The Morgan fingerprint density at radius 3 is 2.16 bits per heavy atom. The van der Waals surface area contributed by atoms with Crippen molar-refractivity contribution in [2.24, 2.45) is 11.8 Å². The van der Waals surface area contributed by atoms with Gasteiger partial charge in [-0.1, -0.05) is 59.6 Å². The summed E-state index contributed by atoms with van der Waals surface area (Å²) in [5.41, 5.74) is 0.469. The molecule has 3 aliphatic rings. The lowest BCUT2D eigenvalue weighted by Gasteiger charge is -2.34. The Labute approximate surface area is 155 Å². The van der Waals surface area contributed by atoms with Crippen molar-refractivity contribution < 1.29 is 14.3 Å². The van der Waals surface area contributed by atoms with Gasteiger partial charge in [-0.05, 0) is 36.2 Å². The molecule has 0 saturated carbocycles. The molecule has 2 aliphatic heterocycles. The average molecular weight is 373 g/mol. The Hall–Kier alpha value is -1.81. The van der Waals surface area contributed by atoms with Gasteiger partial charge in [0.15, 0.2) is 0 Å². The van der Waals surface area contributed by atoms with Crippen molar-refractivity contribution in [2.45, 2.75) is 17.8 Å². The highest BCUT2D eigenvalue weighted by molar-refractivity contribution is 6.30. The molecule has 2 saturated heterocycles. The molecule has 0 radical (unpaired) electrons. The van der Waals surface area contributed by atoms with Crippen LogP contribution < -0.4 is 0 Å². The number of fused-ring (bicyclic) bond motifs is 5. The van der Waals surface area contributed by atoms with E-state index in [0.717, 1.165) is 17.5 Å². The molecule has 0 unspecified atom stereocenters. The van der Waals surface area contributed by atoms with Crippen LogP contribution in [0.2, 0.25) is 10.0 Å². The molecule has 3 nitrogen and oxygen atoms in total. The van der Waals surface area contributed by atoms with Gasteiger partial charge in [0.2, 0.25) is 11.4 Å². The van der Waals surface area contributed by atoms with Crippen LogP contribution in [0.4, 0.5) is 0 Å². The summed E-state index contributed by atoms with van der Waals surface area (Å²) >= 11 is 12.0. The number of hydrogen-bond donors (Lipinski definition) is 0. The number of rotatable bonds is 2. The van der Waals surface area contributed by atoms with Crippen LogP contribution in [-0.2, 0) is 25.7 Å². The van der Waals surface area contributed by atoms with Gasteiger partial charge in [-0.3, -0.25) is 0 Å². The second kappa shape index (κ2) is 5.10. The van der Waals surface area contributed by atoms with Crippen molar-refractivity contribution in [3.63, 3.8) is 0 Å². The molecule has 25 heavy (non-hydrogen) atoms. The molecule has 5 rings (SSSR count). The number of allylic oxidation sites excluding steroid dienone is 1. The van der Waals surface area contributed by atoms with Gasteiger partial charge < -0.3 is 9.47 Å². The summed E-state index contributed by atoms with van der Waals surface area (Å²) in [6.45, 7) is 0. The normalized spacial score (nSPS) is 35.0. The molecule has 0 aromatic heterocycles. The summed E-state index contributed by atoms with van der Waals surface area (Å²) in [7, 11) is 0. The van der Waals surface area contributed by atoms with Crippen molar-refractivity contribution in [1.29, 1.82) is 0 Å². The molecule has 2 aromatic carbocycles. The van der Waals surface area contributed by atoms with Gasteiger partial charge in [-0.25, -0.2) is 4.79 Å². The molecule has 2 fully saturated rings. The summed E-state index contributed by atoms with van der Waals surface area (Å²) in [6.07, 6.45) is 4.99. The highest BCUT2D eigenvalue weighted by atomic mass is 35.5. The molecule has 2 aromatic rings. The number of carbonyl (C=O) groups is 1. The van der Waals surface area contributed by atoms with E-state index in [4.69, 9.17) is 32.7 Å². The van der Waals surface area contributed by atoms with Crippen LogP contribution in [0.25, 0.3) is 0 Å². The zero-order chi connectivity index (χ0) is 17.2. The molecular formula is C20H14Cl2O3. The van der Waals surface area contributed by atoms with Crippen LogP contribution >= 0.6 is 23.2 Å². The summed E-state index contributed by atoms with van der Waals surface area (Å²) in [5, 5.41) is 1.25. The third kappa shape index (κ3) is 1.89. The van der Waals surface area contributed by atoms with E-state index < -0.39 is 11.4 Å². The van der Waals surface area contributed by atoms with Gasteiger partial charge in [0.1, 0.15) is 0 Å². The molecular weight excluding hydrogens is 359 g/mol. The Balaban J connectivity index is 1.69. The maximum Gasteiger partial charge on any atom is 0.346 e. The molecule has 0 amide bonds. The predicted molar refractivity (Wildman–Crippen MR) is 94.2 cm³/mol. The lowest BCUT2D eigenvalue weighted by Crippen LogP contribution is -2.44. The van der Waals surface area contributed by atoms with Crippen molar-refractivity contribution in [2.75, 3.05) is 0 Å². The van der Waals surface area contributed by atoms with Crippen LogP contribution in [0.1, 0.15) is 17.5 Å². The van der Waals surface area contributed by atoms with Gasteiger partial charge in [0.25, 0.3) is 0 Å². The highest BCUT2D eigenvalue weighted by Crippen LogP contribution is 2.66. The number of esters is 1. The van der Waals surface area contributed by atoms with E-state index >= 15 is 0 Å². The van der Waals surface area contributed by atoms with Gasteiger partial charge in [0, 0.05) is 27.4 Å². The van der Waals surface area contributed by atoms with Crippen LogP contribution in [0.5, 0.6) is 0 Å². The quantitative estimate of drug-likeness (QED) is 0.559. The maximum atomic E-state index is 13.0. The molecule has 2 heterocycles. The second-order valence-corrected chi connectivity index (χ2v) is 7.58. The number of hydrogen-bond acceptors (Lipinski definition) is 3. The third-order valence-corrected chi connectivity index (χ3v) is 6.01. The molecule has 0 N–H and O–H groups in total. The predicted octanol–water partition coefficient (Wildman–Crippen LogP) is 4.82. The van der Waals surface area contributed by atoms with E-state index in [2.05, 4.69) is 12.2 Å². The average Bonchev–Trinajstić information content (AvgIpc) is 3.26. The van der Waals surface area contributed by atoms with Crippen LogP contribution in [0.15, 0.2) is 60.7 Å². The fourth-order valence-electron chi connectivity index (χ4n) is 4.41. The van der Waals surface area contributed by atoms with Crippen molar-refractivity contribution in [1.82, 2.24) is 0 Å². The monoisotopic (exact) mass is 372 g/mol. The first-order valence-electron chi connectivity index (χ1n) is 8.19. The van der Waals surface area contributed by atoms with Gasteiger partial charge in [0.05, 0.1) is 0 Å². The van der Waals surface area contributed by atoms with E-state index in [-0.39, 0.29) is 17.8 Å². The van der Waals surface area contributed by atoms with E-state index in [1.807, 2.05) is 24.3 Å². The highest BCUT2D eigenvalue weighted by Gasteiger charge is 2.75. The zero-order valence-electron chi connectivity index (χ0n) is 13.1. The second-order valence-electron chi connectivity index (χ2n) is 6.70. The molecule has 5 heteroatoms. The van der Waals surface area contributed by atoms with E-state index in [9.17, 15) is 4.79 Å². The van der Waals surface area contributed by atoms with Gasteiger partial charge in [-0.2, -0.15) is 0 Å². The van der Waals surface area contributed by atoms with Crippen molar-refractivity contribution in [3.8, 4) is 0 Å². The summed E-state index contributed by atoms with van der Waals surface area (Å²) in [4.78, 5) is 13.0. The van der Waals surface area contributed by atoms with Gasteiger partial charge in [-0.15, -0.1) is 0 Å². The Morgan fingerprint density at radius 2 is 1.52 bits per heavy atom. The van der Waals surface area contributed by atoms with Crippen molar-refractivity contribution in [3.05, 3.63) is 81.9 Å². The smallest absolute Gasteiger partial charge is 0.346 e. The lowest BCUT2D eigenvalue weighted by molar-refractivity contribution is -0.194. The fourth-order valence-corrected chi connectivity index (χ4v) is 4.67. The number of ether oxygens (including phenoxy) is 2. The molecule has 4 atom stereocenters. The minimum absolute atomic E-state index is 0.0436. The number of carbonyl (C=O) groups excluding carboxylic acids is 1. The summed E-state index contributed by atoms with van der Waals surface area (Å²) in [5.74, 6) is -1.44. The first-order valence-corrected chi connectivity index (χ1v) is 8.94. The minimum Gasteiger partial charge on any atom is -0.426 e. The lowest BCUT2D eigenvalue weighted by atomic mass is 9.73. The van der Waals surface area contributed by atoms with Gasteiger partial charge >= 0.3 is 5.97 Å². The topological polar surface area (TPSA) is 35.5 Å². The molecule has 126 valence electrons. The number of halogens is 2. The molecule has 0 spiro atoms. The maximum absolute atomic E-state index is 13.0. The third-order valence-electron chi connectivity index (χ3n) is 5.50. The summed E-state index contributed by atoms with van der Waals surface area (Å²) < 4.78 is 12.4. The molecule has 2 bridgehead atoms. The van der Waals surface area contributed by atoms with E-state index in [1.54, 1.807) is 24.3 Å². The van der Waals surface area contributed by atoms with Crippen LogP contribution in [-0.4, -0.2) is 5.97 Å². The Morgan fingerprint density at radius 1 is 0.920 bits per heavy atom. The first kappa shape index (κ1) is 15.4. The van der Waals surface area contributed by atoms with E-state index in [0.29, 0.717) is 10.0 Å². The minimum atomic E-state index is -1.12. The van der Waals surface area contributed by atoms with Crippen molar-refractivity contribution >= 4 is 29.2 Å². The fraction of sp³-hybridized carbons (Fsp3) is 0.250. The van der Waals surface area contributed by atoms with E-state index in [1.165, 1.54) is 0 Å².